The fourth-order valence-corrected chi connectivity index (χ4v) is 4.69. The molecule has 1 fully saturated rings. The molecule has 0 amide bonds. The predicted molar refractivity (Wildman–Crippen MR) is 114 cm³/mol. The molecule has 1 aromatic carbocycles. The summed E-state index contributed by atoms with van der Waals surface area (Å²) in [5.74, 6) is 1.49. The van der Waals surface area contributed by atoms with Crippen LogP contribution in [0.2, 0.25) is 5.02 Å². The quantitative estimate of drug-likeness (QED) is 0.627. The molecule has 2 aromatic heterocycles. The molecular formula is C19H23ClN6O2S. The van der Waals surface area contributed by atoms with Gasteiger partial charge in [0.05, 0.1) is 23.5 Å². The van der Waals surface area contributed by atoms with Gasteiger partial charge in [0.15, 0.2) is 5.65 Å². The minimum absolute atomic E-state index is 0.00820. The molecule has 1 saturated heterocycles. The van der Waals surface area contributed by atoms with Gasteiger partial charge in [-0.2, -0.15) is 5.10 Å². The molecule has 10 heteroatoms. The molecule has 0 N–H and O–H groups in total. The highest BCUT2D eigenvalue weighted by Gasteiger charge is 2.29. The van der Waals surface area contributed by atoms with Gasteiger partial charge in [-0.05, 0) is 38.0 Å². The molecule has 0 atom stereocenters. The van der Waals surface area contributed by atoms with Crippen molar-refractivity contribution in [3.05, 3.63) is 41.3 Å². The molecule has 4 rings (SSSR count). The van der Waals surface area contributed by atoms with Crippen molar-refractivity contribution in [1.82, 2.24) is 24.1 Å². The van der Waals surface area contributed by atoms with Gasteiger partial charge in [-0.25, -0.2) is 27.4 Å². The number of nitrogens with zero attached hydrogens (tertiary/aromatic N) is 6. The second-order valence-corrected chi connectivity index (χ2v) is 9.84. The van der Waals surface area contributed by atoms with E-state index in [4.69, 9.17) is 11.6 Å². The third-order valence-corrected chi connectivity index (χ3v) is 6.95. The van der Waals surface area contributed by atoms with Crippen LogP contribution in [0.5, 0.6) is 0 Å². The maximum absolute atomic E-state index is 11.8. The van der Waals surface area contributed by atoms with E-state index in [1.165, 1.54) is 10.6 Å². The van der Waals surface area contributed by atoms with E-state index >= 15 is 0 Å². The molecule has 0 radical (unpaired) electrons. The summed E-state index contributed by atoms with van der Waals surface area (Å²) in [6, 6.07) is 7.48. The van der Waals surface area contributed by atoms with Gasteiger partial charge >= 0.3 is 0 Å². The summed E-state index contributed by atoms with van der Waals surface area (Å²) in [5.41, 5.74) is 1.56. The summed E-state index contributed by atoms with van der Waals surface area (Å²) in [7, 11) is -1.54. The van der Waals surface area contributed by atoms with Gasteiger partial charge in [0.25, 0.3) is 0 Å². The van der Waals surface area contributed by atoms with Crippen LogP contribution in [0.15, 0.2) is 30.5 Å². The average Bonchev–Trinajstić information content (AvgIpc) is 3.10. The zero-order valence-corrected chi connectivity index (χ0v) is 18.2. The molecule has 3 heterocycles. The number of piperidine rings is 1. The van der Waals surface area contributed by atoms with Crippen LogP contribution in [0.4, 0.5) is 5.82 Å². The average molecular weight is 435 g/mol. The number of halogens is 1. The molecule has 0 spiro atoms. The lowest BCUT2D eigenvalue weighted by molar-refractivity contribution is 0.313. The number of benzene rings is 1. The maximum Gasteiger partial charge on any atom is 0.211 e. The van der Waals surface area contributed by atoms with E-state index in [9.17, 15) is 8.42 Å². The molecular weight excluding hydrogens is 412 g/mol. The van der Waals surface area contributed by atoms with E-state index in [1.54, 1.807) is 17.9 Å². The first-order valence-electron chi connectivity index (χ1n) is 9.40. The van der Waals surface area contributed by atoms with E-state index in [1.807, 2.05) is 31.2 Å². The Labute approximate surface area is 175 Å². The van der Waals surface area contributed by atoms with Crippen LogP contribution >= 0.6 is 11.6 Å². The van der Waals surface area contributed by atoms with Gasteiger partial charge in [0, 0.05) is 31.2 Å². The minimum Gasteiger partial charge on any atom is -0.356 e. The number of rotatable bonds is 4. The zero-order valence-electron chi connectivity index (χ0n) is 16.6. The van der Waals surface area contributed by atoms with Crippen LogP contribution in [0.3, 0.4) is 0 Å². The number of hydrogen-bond acceptors (Lipinski definition) is 6. The van der Waals surface area contributed by atoms with Crippen molar-refractivity contribution in [2.75, 3.05) is 31.3 Å². The van der Waals surface area contributed by atoms with Crippen molar-refractivity contribution in [1.29, 1.82) is 0 Å². The third kappa shape index (κ3) is 3.94. The molecule has 8 nitrogen and oxygen atoms in total. The Morgan fingerprint density at radius 1 is 1.21 bits per heavy atom. The second-order valence-electron chi connectivity index (χ2n) is 7.37. The molecule has 0 bridgehead atoms. The number of aryl methyl sites for hydroxylation is 1. The summed E-state index contributed by atoms with van der Waals surface area (Å²) in [5, 5.41) is 6.02. The van der Waals surface area contributed by atoms with Crippen LogP contribution in [0.1, 0.15) is 18.7 Å². The van der Waals surface area contributed by atoms with Gasteiger partial charge in [-0.15, -0.1) is 0 Å². The molecule has 1 aliphatic heterocycles. The smallest absolute Gasteiger partial charge is 0.211 e. The SMILES string of the molecule is Cc1nc(N2CCC(N(C)S(C)(=O)=O)CC2)c2cnn(-c3cccc(Cl)c3)c2n1. The Morgan fingerprint density at radius 3 is 2.59 bits per heavy atom. The molecule has 29 heavy (non-hydrogen) atoms. The first-order chi connectivity index (χ1) is 13.7. The Bertz CT molecular complexity index is 1150. The molecule has 0 unspecified atom stereocenters. The van der Waals surface area contributed by atoms with Crippen molar-refractivity contribution >= 4 is 38.5 Å². The monoisotopic (exact) mass is 434 g/mol. The van der Waals surface area contributed by atoms with Gasteiger partial charge in [-0.3, -0.25) is 0 Å². The van der Waals surface area contributed by atoms with E-state index in [2.05, 4.69) is 20.0 Å². The second kappa shape index (κ2) is 7.55. The molecule has 154 valence electrons. The fraction of sp³-hybridized carbons (Fsp3) is 0.421. The Kier molecular flexibility index (Phi) is 5.22. The number of sulfonamides is 1. The summed E-state index contributed by atoms with van der Waals surface area (Å²) in [6.45, 7) is 3.30. The standard InChI is InChI=1S/C19H23ClN6O2S/c1-13-22-18(25-9-7-15(8-10-25)24(2)29(3,27)28)17-12-21-26(19(17)23-13)16-6-4-5-14(20)11-16/h4-6,11-12,15H,7-10H2,1-3H3. The lowest BCUT2D eigenvalue weighted by atomic mass is 10.1. The van der Waals surface area contributed by atoms with Crippen LogP contribution in [0, 0.1) is 6.92 Å². The number of aromatic nitrogens is 4. The summed E-state index contributed by atoms with van der Waals surface area (Å²) < 4.78 is 26.9. The lowest BCUT2D eigenvalue weighted by Gasteiger charge is -2.36. The maximum atomic E-state index is 11.8. The van der Waals surface area contributed by atoms with Crippen molar-refractivity contribution in [2.24, 2.45) is 0 Å². The normalized spacial score (nSPS) is 16.1. The zero-order chi connectivity index (χ0) is 20.8. The highest BCUT2D eigenvalue weighted by atomic mass is 35.5. The van der Waals surface area contributed by atoms with Crippen molar-refractivity contribution < 1.29 is 8.42 Å². The highest BCUT2D eigenvalue weighted by molar-refractivity contribution is 7.88. The predicted octanol–water partition coefficient (Wildman–Crippen LogP) is 2.64. The van der Waals surface area contributed by atoms with E-state index in [0.717, 1.165) is 48.5 Å². The molecule has 3 aromatic rings. The first kappa shape index (κ1) is 20.1. The van der Waals surface area contributed by atoms with Crippen molar-refractivity contribution in [3.8, 4) is 5.69 Å². The molecule has 0 saturated carbocycles. The van der Waals surface area contributed by atoms with Gasteiger partial charge in [0.2, 0.25) is 10.0 Å². The van der Waals surface area contributed by atoms with Gasteiger partial charge in [-0.1, -0.05) is 17.7 Å². The minimum atomic E-state index is -3.19. The van der Waals surface area contributed by atoms with Crippen LogP contribution in [-0.2, 0) is 10.0 Å². The van der Waals surface area contributed by atoms with E-state index < -0.39 is 10.0 Å². The fourth-order valence-electron chi connectivity index (χ4n) is 3.75. The summed E-state index contributed by atoms with van der Waals surface area (Å²) in [4.78, 5) is 11.5. The Balaban J connectivity index is 1.66. The van der Waals surface area contributed by atoms with Crippen molar-refractivity contribution in [3.63, 3.8) is 0 Å². The summed E-state index contributed by atoms with van der Waals surface area (Å²) in [6.07, 6.45) is 4.52. The third-order valence-electron chi connectivity index (χ3n) is 5.37. The van der Waals surface area contributed by atoms with Crippen LogP contribution < -0.4 is 4.90 Å². The van der Waals surface area contributed by atoms with Crippen LogP contribution in [0.25, 0.3) is 16.7 Å². The Morgan fingerprint density at radius 2 is 1.93 bits per heavy atom. The van der Waals surface area contributed by atoms with E-state index in [-0.39, 0.29) is 6.04 Å². The largest absolute Gasteiger partial charge is 0.356 e. The lowest BCUT2D eigenvalue weighted by Crippen LogP contribution is -2.45. The highest BCUT2D eigenvalue weighted by Crippen LogP contribution is 2.29. The van der Waals surface area contributed by atoms with Gasteiger partial charge in [0.1, 0.15) is 11.6 Å². The number of anilines is 1. The van der Waals surface area contributed by atoms with Crippen LogP contribution in [-0.4, -0.2) is 64.9 Å². The molecule has 0 aliphatic carbocycles. The van der Waals surface area contributed by atoms with Crippen molar-refractivity contribution in [2.45, 2.75) is 25.8 Å². The topological polar surface area (TPSA) is 84.2 Å². The van der Waals surface area contributed by atoms with Gasteiger partial charge < -0.3 is 4.90 Å². The van der Waals surface area contributed by atoms with E-state index in [0.29, 0.717) is 10.8 Å². The number of fused-ring (bicyclic) bond motifs is 1. The summed E-state index contributed by atoms with van der Waals surface area (Å²) >= 11 is 6.14. The Hall–Kier alpha value is -2.23. The number of hydrogen-bond donors (Lipinski definition) is 0. The first-order valence-corrected chi connectivity index (χ1v) is 11.6. The molecule has 1 aliphatic rings.